The van der Waals surface area contributed by atoms with Crippen LogP contribution in [0.5, 0.6) is 5.75 Å². The molecule has 0 aliphatic carbocycles. The Morgan fingerprint density at radius 1 is 1.03 bits per heavy atom. The standard InChI is InChI=1S/C49H73BrN8O12S/c1-10-29(4)43(56-46(65)37-14-11-12-20-57(37)7)48(66)58(8)38(28(2)3)26-40(70-31(6)59)47-55-36(27-71-47)45(64)53-33(22-30(5)49(67)68)23-32-16-17-39(60)35(24-32)54-41(61)15-13-18-51-42(62)25-34(50)44(63)52-19-21-69-9/h16-17,24-25,27-30,33,37-38,40,43,60H,10-15,18-23,26H2,1-9H3,(H,51,62)(H,52,63)(H,53,64)(H,54,61)(H,56,65)(H,67,68)/b34-25+/t29?,30?,33?,37-,38?,40?,43?/m1/s1. The van der Waals surface area contributed by atoms with E-state index >= 15 is 0 Å². The maximum atomic E-state index is 14.3. The van der Waals surface area contributed by atoms with Gasteiger partial charge in [-0.2, -0.15) is 0 Å². The number of aromatic hydroxyl groups is 1. The first kappa shape index (κ1) is 59.9. The minimum atomic E-state index is -1.08. The topological polar surface area (TPSA) is 275 Å². The number of carbonyl (C=O) groups excluding carboxylic acids is 7. The number of anilines is 1. The Bertz CT molecular complexity index is 2190. The number of carboxylic acids is 1. The van der Waals surface area contributed by atoms with E-state index in [0.29, 0.717) is 30.0 Å². The minimum absolute atomic E-state index is 0.00478. The quantitative estimate of drug-likeness (QED) is 0.0264. The summed E-state index contributed by atoms with van der Waals surface area (Å²) in [6, 6.07) is 2.13. The molecule has 1 aromatic carbocycles. The second kappa shape index (κ2) is 29.8. The molecule has 1 aliphatic rings. The lowest BCUT2D eigenvalue weighted by atomic mass is 9.92. The lowest BCUT2D eigenvalue weighted by Crippen LogP contribution is -2.58. The molecule has 6 unspecified atom stereocenters. The van der Waals surface area contributed by atoms with Gasteiger partial charge < -0.3 is 51.2 Å². The number of piperidine rings is 1. The van der Waals surface area contributed by atoms with Crippen molar-refractivity contribution < 1.29 is 58.0 Å². The number of hydrogen-bond acceptors (Lipinski definition) is 14. The Labute approximate surface area is 428 Å². The number of carboxylic acid groups (broad SMARTS) is 1. The maximum absolute atomic E-state index is 14.3. The molecule has 71 heavy (non-hydrogen) atoms. The molecular weight excluding hydrogens is 1000 g/mol. The summed E-state index contributed by atoms with van der Waals surface area (Å²) in [5.41, 5.74) is 0.634. The zero-order valence-electron chi connectivity index (χ0n) is 42.3. The van der Waals surface area contributed by atoms with Crippen molar-refractivity contribution >= 4 is 80.3 Å². The van der Waals surface area contributed by atoms with Gasteiger partial charge in [-0.05, 0) is 91.2 Å². The molecule has 22 heteroatoms. The summed E-state index contributed by atoms with van der Waals surface area (Å²) >= 11 is 4.16. The molecule has 0 bridgehead atoms. The number of ether oxygens (including phenoxy) is 2. The SMILES string of the molecule is CCC(C)C(NC(=O)[C@H]1CCCCN1C)C(=O)N(C)C(CC(OC(C)=O)c1nc(C(=O)NC(Cc2ccc(O)c(NC(=O)CCCNC(=O)/C=C(/Br)C(=O)NCCOC)c2)CC(C)C(=O)O)cs1)C(C)C. The minimum Gasteiger partial charge on any atom is -0.506 e. The molecule has 20 nitrogen and oxygen atoms in total. The molecule has 1 aromatic heterocycles. The second-order valence-electron chi connectivity index (χ2n) is 18.4. The molecule has 1 aliphatic heterocycles. The van der Waals surface area contributed by atoms with Crippen molar-refractivity contribution in [3.05, 3.63) is 50.4 Å². The Hall–Kier alpha value is -5.45. The van der Waals surface area contributed by atoms with Crippen LogP contribution in [0.15, 0.2) is 34.1 Å². The summed E-state index contributed by atoms with van der Waals surface area (Å²) in [6.07, 6.45) is 3.89. The predicted octanol–water partition coefficient (Wildman–Crippen LogP) is 4.67. The molecule has 3 rings (SSSR count). The number of aliphatic carboxylic acids is 1. The molecule has 394 valence electrons. The number of aromatic nitrogens is 1. The second-order valence-corrected chi connectivity index (χ2v) is 20.2. The molecular formula is C49H73BrN8O12S. The highest BCUT2D eigenvalue weighted by molar-refractivity contribution is 9.12. The fraction of sp³-hybridized carbons (Fsp3) is 0.612. The number of nitrogens with zero attached hydrogens (tertiary/aromatic N) is 3. The smallest absolute Gasteiger partial charge is 0.306 e. The first-order chi connectivity index (χ1) is 33.6. The first-order valence-corrected chi connectivity index (χ1v) is 25.7. The first-order valence-electron chi connectivity index (χ1n) is 24.0. The predicted molar refractivity (Wildman–Crippen MR) is 272 cm³/mol. The number of halogens is 1. The van der Waals surface area contributed by atoms with Crippen LogP contribution in [0, 0.1) is 17.8 Å². The summed E-state index contributed by atoms with van der Waals surface area (Å²) in [7, 11) is 5.09. The summed E-state index contributed by atoms with van der Waals surface area (Å²) in [5, 5.41) is 36.0. The highest BCUT2D eigenvalue weighted by Gasteiger charge is 2.37. The van der Waals surface area contributed by atoms with Crippen LogP contribution in [-0.4, -0.2) is 144 Å². The van der Waals surface area contributed by atoms with Crippen LogP contribution in [0.3, 0.4) is 0 Å². The molecule has 6 amide bonds. The number of phenols is 1. The number of phenolic OH excluding ortho intramolecular Hbond substituents is 1. The number of carbonyl (C=O) groups is 8. The number of thiazole rings is 1. The number of nitrogens with one attached hydrogen (secondary N) is 5. The van der Waals surface area contributed by atoms with Gasteiger partial charge >= 0.3 is 11.9 Å². The van der Waals surface area contributed by atoms with E-state index in [1.807, 2.05) is 39.6 Å². The third-order valence-electron chi connectivity index (χ3n) is 12.4. The van der Waals surface area contributed by atoms with Crippen LogP contribution in [0.25, 0.3) is 0 Å². The summed E-state index contributed by atoms with van der Waals surface area (Å²) in [5.74, 6) is -5.64. The van der Waals surface area contributed by atoms with Crippen molar-refractivity contribution in [1.29, 1.82) is 0 Å². The van der Waals surface area contributed by atoms with Crippen molar-refractivity contribution in [2.75, 3.05) is 52.8 Å². The van der Waals surface area contributed by atoms with Gasteiger partial charge in [-0.3, -0.25) is 43.3 Å². The molecule has 1 saturated heterocycles. The van der Waals surface area contributed by atoms with Gasteiger partial charge in [0.25, 0.3) is 11.8 Å². The third kappa shape index (κ3) is 19.6. The van der Waals surface area contributed by atoms with Gasteiger partial charge in [0.05, 0.1) is 28.7 Å². The number of hydrogen-bond donors (Lipinski definition) is 7. The lowest BCUT2D eigenvalue weighted by molar-refractivity contribution is -0.149. The summed E-state index contributed by atoms with van der Waals surface area (Å²) in [6.45, 7) is 12.0. The van der Waals surface area contributed by atoms with E-state index in [1.54, 1.807) is 18.0 Å². The molecule has 0 radical (unpaired) electrons. The van der Waals surface area contributed by atoms with E-state index in [1.165, 1.54) is 38.5 Å². The van der Waals surface area contributed by atoms with Gasteiger partial charge in [-0.15, -0.1) is 11.3 Å². The average Bonchev–Trinajstić information content (AvgIpc) is 3.82. The van der Waals surface area contributed by atoms with Gasteiger partial charge in [-0.1, -0.05) is 53.5 Å². The van der Waals surface area contributed by atoms with Crippen LogP contribution in [0.4, 0.5) is 5.69 Å². The van der Waals surface area contributed by atoms with Crippen LogP contribution >= 0.6 is 27.3 Å². The fourth-order valence-electron chi connectivity index (χ4n) is 8.09. The van der Waals surface area contributed by atoms with Crippen molar-refractivity contribution in [2.45, 2.75) is 130 Å². The van der Waals surface area contributed by atoms with Gasteiger partial charge in [0.15, 0.2) is 6.10 Å². The largest absolute Gasteiger partial charge is 0.506 e. The molecule has 7 N–H and O–H groups in total. The number of benzene rings is 1. The summed E-state index contributed by atoms with van der Waals surface area (Å²) in [4.78, 5) is 112. The molecule has 1 fully saturated rings. The number of likely N-dealkylation sites (tertiary alicyclic amines) is 1. The normalized spacial score (nSPS) is 16.6. The highest BCUT2D eigenvalue weighted by Crippen LogP contribution is 2.32. The molecule has 0 saturated carbocycles. The van der Waals surface area contributed by atoms with Gasteiger partial charge in [0.2, 0.25) is 23.6 Å². The Morgan fingerprint density at radius 2 is 1.75 bits per heavy atom. The van der Waals surface area contributed by atoms with Crippen molar-refractivity contribution in [1.82, 2.24) is 36.1 Å². The van der Waals surface area contributed by atoms with Crippen LogP contribution in [0.2, 0.25) is 0 Å². The fourth-order valence-corrected chi connectivity index (χ4v) is 9.28. The summed E-state index contributed by atoms with van der Waals surface area (Å²) < 4.78 is 10.7. The van der Waals surface area contributed by atoms with Crippen LogP contribution in [0.1, 0.15) is 120 Å². The van der Waals surface area contributed by atoms with Crippen molar-refractivity contribution in [3.63, 3.8) is 0 Å². The van der Waals surface area contributed by atoms with Gasteiger partial charge in [-0.25, -0.2) is 4.98 Å². The third-order valence-corrected chi connectivity index (χ3v) is 13.9. The Kier molecular flexibility index (Phi) is 25.1. The molecule has 2 heterocycles. The number of esters is 1. The van der Waals surface area contributed by atoms with Gasteiger partial charge in [0.1, 0.15) is 22.5 Å². The van der Waals surface area contributed by atoms with Gasteiger partial charge in [0, 0.05) is 70.6 Å². The number of likely N-dealkylation sites (N-methyl/N-ethyl adjacent to an activating group) is 2. The van der Waals surface area contributed by atoms with Crippen LogP contribution in [-0.2, 0) is 49.5 Å². The van der Waals surface area contributed by atoms with E-state index < -0.39 is 65.7 Å². The zero-order valence-corrected chi connectivity index (χ0v) is 44.7. The van der Waals surface area contributed by atoms with E-state index in [4.69, 9.17) is 9.47 Å². The van der Waals surface area contributed by atoms with Crippen molar-refractivity contribution in [3.8, 4) is 5.75 Å². The van der Waals surface area contributed by atoms with Crippen LogP contribution < -0.4 is 26.6 Å². The zero-order chi connectivity index (χ0) is 52.9. The average molecular weight is 1080 g/mol. The van der Waals surface area contributed by atoms with E-state index in [9.17, 15) is 48.6 Å². The molecule has 7 atom stereocenters. The highest BCUT2D eigenvalue weighted by atomic mass is 79.9. The number of methoxy groups -OCH3 is 1. The lowest BCUT2D eigenvalue weighted by Gasteiger charge is -2.38. The number of amides is 6. The molecule has 2 aromatic rings. The Morgan fingerprint density at radius 3 is 2.38 bits per heavy atom. The van der Waals surface area contributed by atoms with Crippen molar-refractivity contribution in [2.24, 2.45) is 17.8 Å². The maximum Gasteiger partial charge on any atom is 0.306 e. The van der Waals surface area contributed by atoms with E-state index in [2.05, 4.69) is 47.5 Å². The monoisotopic (exact) mass is 1080 g/mol. The van der Waals surface area contributed by atoms with E-state index in [-0.39, 0.29) is 96.5 Å². The number of rotatable bonds is 28. The Balaban J connectivity index is 1.74. The van der Waals surface area contributed by atoms with E-state index in [0.717, 1.165) is 36.8 Å². The molecule has 0 spiro atoms.